The average Bonchev–Trinajstić information content (AvgIpc) is 3.09. The Morgan fingerprint density at radius 3 is 2.72 bits per heavy atom. The number of nitrogens with zero attached hydrogens (tertiary/aromatic N) is 2. The van der Waals surface area contributed by atoms with Crippen molar-refractivity contribution < 1.29 is 19.0 Å². The van der Waals surface area contributed by atoms with Gasteiger partial charge in [-0.3, -0.25) is 15.4 Å². The largest absolute Gasteiger partial charge is 0.444 e. The van der Waals surface area contributed by atoms with Crippen molar-refractivity contribution in [2.45, 2.75) is 6.61 Å². The Labute approximate surface area is 142 Å². The van der Waals surface area contributed by atoms with Crippen LogP contribution in [0.3, 0.4) is 0 Å². The van der Waals surface area contributed by atoms with Gasteiger partial charge in [-0.05, 0) is 5.56 Å². The maximum atomic E-state index is 11.8. The fraction of sp³-hybridized carbons (Fsp3) is 0.0588. The average molecular weight is 339 g/mol. The molecule has 0 unspecified atom stereocenters. The molecule has 0 bridgehead atoms. The van der Waals surface area contributed by atoms with Crippen LogP contribution in [0, 0.1) is 10.1 Å². The van der Waals surface area contributed by atoms with Crippen LogP contribution in [0.1, 0.15) is 5.56 Å². The van der Waals surface area contributed by atoms with Crippen LogP contribution in [-0.2, 0) is 11.3 Å². The first-order valence-electron chi connectivity index (χ1n) is 7.31. The smallest absolute Gasteiger partial charge is 0.414 e. The summed E-state index contributed by atoms with van der Waals surface area (Å²) in [5.74, 6) is 0.0829. The molecule has 1 heterocycles. The van der Waals surface area contributed by atoms with Crippen LogP contribution in [0.4, 0.5) is 16.4 Å². The third-order valence-electron chi connectivity index (χ3n) is 3.30. The molecule has 25 heavy (non-hydrogen) atoms. The molecule has 3 aromatic rings. The third kappa shape index (κ3) is 4.20. The predicted octanol–water partition coefficient (Wildman–Crippen LogP) is 4.00. The van der Waals surface area contributed by atoms with Gasteiger partial charge in [0.15, 0.2) is 0 Å². The highest BCUT2D eigenvalue weighted by Gasteiger charge is 2.13. The molecule has 0 aliphatic rings. The van der Waals surface area contributed by atoms with Crippen molar-refractivity contribution in [2.24, 2.45) is 0 Å². The molecule has 1 aromatic heterocycles. The molecule has 1 N–H and O–H groups in total. The molecule has 3 rings (SSSR count). The van der Waals surface area contributed by atoms with Crippen molar-refractivity contribution in [3.05, 3.63) is 76.3 Å². The van der Waals surface area contributed by atoms with E-state index in [1.807, 2.05) is 30.3 Å². The number of amides is 1. The zero-order chi connectivity index (χ0) is 17.6. The van der Waals surface area contributed by atoms with E-state index in [1.54, 1.807) is 12.1 Å². The molecule has 8 nitrogen and oxygen atoms in total. The van der Waals surface area contributed by atoms with E-state index in [4.69, 9.17) is 9.26 Å². The van der Waals surface area contributed by atoms with Gasteiger partial charge in [0.2, 0.25) is 5.88 Å². The Kier molecular flexibility index (Phi) is 4.70. The molecule has 2 aromatic carbocycles. The minimum atomic E-state index is -0.689. The topological polar surface area (TPSA) is 108 Å². The van der Waals surface area contributed by atoms with Crippen LogP contribution in [0.25, 0.3) is 11.3 Å². The summed E-state index contributed by atoms with van der Waals surface area (Å²) < 4.78 is 10.1. The van der Waals surface area contributed by atoms with Gasteiger partial charge in [-0.15, -0.1) is 0 Å². The van der Waals surface area contributed by atoms with Crippen LogP contribution in [-0.4, -0.2) is 16.2 Å². The Morgan fingerprint density at radius 2 is 1.96 bits per heavy atom. The number of nitro benzene ring substituents is 1. The molecule has 0 saturated heterocycles. The summed E-state index contributed by atoms with van der Waals surface area (Å²) in [5, 5.41) is 17.0. The maximum Gasteiger partial charge on any atom is 0.414 e. The minimum Gasteiger partial charge on any atom is -0.444 e. The zero-order valence-corrected chi connectivity index (χ0v) is 12.9. The number of hydrogen-bond donors (Lipinski definition) is 1. The van der Waals surface area contributed by atoms with Gasteiger partial charge in [-0.2, -0.15) is 0 Å². The van der Waals surface area contributed by atoms with Gasteiger partial charge in [0.05, 0.1) is 4.92 Å². The van der Waals surface area contributed by atoms with Crippen LogP contribution >= 0.6 is 0 Å². The van der Waals surface area contributed by atoms with Crippen LogP contribution < -0.4 is 5.32 Å². The van der Waals surface area contributed by atoms with E-state index in [0.29, 0.717) is 11.3 Å². The van der Waals surface area contributed by atoms with E-state index < -0.39 is 11.0 Å². The molecule has 0 aliphatic heterocycles. The van der Waals surface area contributed by atoms with Gasteiger partial charge >= 0.3 is 6.09 Å². The first-order chi connectivity index (χ1) is 12.1. The summed E-state index contributed by atoms with van der Waals surface area (Å²) in [6.07, 6.45) is -0.689. The molecule has 0 fully saturated rings. The summed E-state index contributed by atoms with van der Waals surface area (Å²) in [5.41, 5.74) is 1.66. The molecule has 8 heteroatoms. The van der Waals surface area contributed by atoms with E-state index in [1.165, 1.54) is 18.2 Å². The first kappa shape index (κ1) is 16.2. The number of nitro groups is 1. The van der Waals surface area contributed by atoms with Gasteiger partial charge in [0.1, 0.15) is 12.3 Å². The van der Waals surface area contributed by atoms with Gasteiger partial charge < -0.3 is 9.26 Å². The van der Waals surface area contributed by atoms with Crippen molar-refractivity contribution in [3.8, 4) is 11.3 Å². The number of non-ortho nitro benzene ring substituents is 1. The molecule has 0 spiro atoms. The number of benzene rings is 2. The summed E-state index contributed by atoms with van der Waals surface area (Å²) in [6.45, 7) is 0.124. The number of aromatic nitrogens is 1. The Bertz CT molecular complexity index is 892. The monoisotopic (exact) mass is 339 g/mol. The molecule has 0 atom stereocenters. The van der Waals surface area contributed by atoms with Crippen LogP contribution in [0.15, 0.2) is 65.2 Å². The van der Waals surface area contributed by atoms with Crippen molar-refractivity contribution in [1.29, 1.82) is 0 Å². The fourth-order valence-corrected chi connectivity index (χ4v) is 2.11. The van der Waals surface area contributed by atoms with Crippen LogP contribution in [0.2, 0.25) is 0 Å². The number of nitrogens with one attached hydrogen (secondary N) is 1. The van der Waals surface area contributed by atoms with E-state index in [0.717, 1.165) is 5.56 Å². The lowest BCUT2D eigenvalue weighted by Crippen LogP contribution is -2.12. The fourth-order valence-electron chi connectivity index (χ4n) is 2.11. The number of carbonyl (C=O) groups is 1. The lowest BCUT2D eigenvalue weighted by atomic mass is 10.1. The molecule has 0 aliphatic carbocycles. The summed E-state index contributed by atoms with van der Waals surface area (Å²) in [6, 6.07) is 16.6. The standard InChI is InChI=1S/C17H13N3O5/c21-17(24-11-12-5-2-1-3-6-12)18-16-10-15(19-25-16)13-7-4-8-14(9-13)20(22)23/h1-10H,11H2,(H,18,21). The van der Waals surface area contributed by atoms with Gasteiger partial charge in [-0.1, -0.05) is 47.6 Å². The third-order valence-corrected chi connectivity index (χ3v) is 3.30. The quantitative estimate of drug-likeness (QED) is 0.556. The second-order valence-corrected chi connectivity index (χ2v) is 5.07. The highest BCUT2D eigenvalue weighted by molar-refractivity contribution is 5.83. The van der Waals surface area contributed by atoms with Crippen molar-refractivity contribution in [3.63, 3.8) is 0 Å². The highest BCUT2D eigenvalue weighted by Crippen LogP contribution is 2.25. The number of anilines is 1. The molecule has 1 amide bonds. The Morgan fingerprint density at radius 1 is 1.16 bits per heavy atom. The second-order valence-electron chi connectivity index (χ2n) is 5.07. The first-order valence-corrected chi connectivity index (χ1v) is 7.31. The van der Waals surface area contributed by atoms with E-state index >= 15 is 0 Å². The number of rotatable bonds is 5. The molecule has 126 valence electrons. The van der Waals surface area contributed by atoms with E-state index in [9.17, 15) is 14.9 Å². The number of carbonyl (C=O) groups excluding carboxylic acids is 1. The Hall–Kier alpha value is -3.68. The molecular weight excluding hydrogens is 326 g/mol. The summed E-state index contributed by atoms with van der Waals surface area (Å²) in [4.78, 5) is 22.1. The van der Waals surface area contributed by atoms with Gasteiger partial charge in [-0.25, -0.2) is 4.79 Å². The minimum absolute atomic E-state index is 0.0581. The maximum absolute atomic E-state index is 11.8. The van der Waals surface area contributed by atoms with Gasteiger partial charge in [0, 0.05) is 23.8 Å². The molecule has 0 saturated carbocycles. The van der Waals surface area contributed by atoms with Crippen molar-refractivity contribution in [2.75, 3.05) is 5.32 Å². The van der Waals surface area contributed by atoms with Gasteiger partial charge in [0.25, 0.3) is 5.69 Å². The van der Waals surface area contributed by atoms with Crippen molar-refractivity contribution in [1.82, 2.24) is 5.16 Å². The molecule has 0 radical (unpaired) electrons. The van der Waals surface area contributed by atoms with E-state index in [-0.39, 0.29) is 18.2 Å². The van der Waals surface area contributed by atoms with Crippen LogP contribution in [0.5, 0.6) is 0 Å². The Balaban J connectivity index is 1.62. The predicted molar refractivity (Wildman–Crippen MR) is 88.8 cm³/mol. The molecular formula is C17H13N3O5. The zero-order valence-electron chi connectivity index (χ0n) is 12.9. The lowest BCUT2D eigenvalue weighted by Gasteiger charge is -2.04. The van der Waals surface area contributed by atoms with Crippen molar-refractivity contribution >= 4 is 17.7 Å². The summed E-state index contributed by atoms with van der Waals surface area (Å²) >= 11 is 0. The number of ether oxygens (including phenoxy) is 1. The lowest BCUT2D eigenvalue weighted by molar-refractivity contribution is -0.384. The SMILES string of the molecule is O=C(Nc1cc(-c2cccc([N+](=O)[O-])c2)no1)OCc1ccccc1. The highest BCUT2D eigenvalue weighted by atomic mass is 16.6. The second kappa shape index (κ2) is 7.26. The normalized spacial score (nSPS) is 10.2. The van der Waals surface area contributed by atoms with E-state index in [2.05, 4.69) is 10.5 Å². The number of hydrogen-bond acceptors (Lipinski definition) is 6. The summed E-state index contributed by atoms with van der Waals surface area (Å²) in [7, 11) is 0.